The Morgan fingerprint density at radius 3 is 2.53 bits per heavy atom. The minimum atomic E-state index is -2.01. The predicted octanol–water partition coefficient (Wildman–Crippen LogP) is 4.64. The molecule has 17 heavy (non-hydrogen) atoms. The standard InChI is InChI=1S/C10H9BrF3N3/c1-5(12)10(16-17-15)9(14)7-3-2-6(11)4-8(7)13/h2-5,9-10H,1H3/t5?,9-,10-/m0/s1. The zero-order valence-corrected chi connectivity index (χ0v) is 10.4. The molecule has 0 aromatic heterocycles. The maximum atomic E-state index is 13.9. The van der Waals surface area contributed by atoms with Crippen LogP contribution in [0.15, 0.2) is 27.8 Å². The fourth-order valence-corrected chi connectivity index (χ4v) is 1.69. The lowest BCUT2D eigenvalue weighted by atomic mass is 10.0. The molecule has 92 valence electrons. The third-order valence-corrected chi connectivity index (χ3v) is 2.71. The van der Waals surface area contributed by atoms with Crippen molar-refractivity contribution in [3.8, 4) is 0 Å². The molecule has 0 aliphatic rings. The highest BCUT2D eigenvalue weighted by Gasteiger charge is 2.29. The molecule has 7 heteroatoms. The fourth-order valence-electron chi connectivity index (χ4n) is 1.35. The number of rotatable bonds is 4. The lowest BCUT2D eigenvalue weighted by Crippen LogP contribution is -2.23. The Labute approximate surface area is 104 Å². The van der Waals surface area contributed by atoms with Crippen LogP contribution in [-0.4, -0.2) is 12.2 Å². The first-order valence-electron chi connectivity index (χ1n) is 4.74. The number of halogens is 4. The summed E-state index contributed by atoms with van der Waals surface area (Å²) in [5.41, 5.74) is 7.89. The monoisotopic (exact) mass is 307 g/mol. The topological polar surface area (TPSA) is 48.8 Å². The van der Waals surface area contributed by atoms with Crippen molar-refractivity contribution in [2.75, 3.05) is 0 Å². The fraction of sp³-hybridized carbons (Fsp3) is 0.400. The molecule has 0 aliphatic carbocycles. The zero-order valence-electron chi connectivity index (χ0n) is 8.82. The highest BCUT2D eigenvalue weighted by atomic mass is 79.9. The maximum absolute atomic E-state index is 13.9. The van der Waals surface area contributed by atoms with Crippen LogP contribution in [0.4, 0.5) is 13.2 Å². The summed E-state index contributed by atoms with van der Waals surface area (Å²) < 4.78 is 40.8. The van der Waals surface area contributed by atoms with Crippen LogP contribution in [0.25, 0.3) is 10.4 Å². The highest BCUT2D eigenvalue weighted by Crippen LogP contribution is 2.30. The van der Waals surface area contributed by atoms with Gasteiger partial charge in [-0.3, -0.25) is 0 Å². The van der Waals surface area contributed by atoms with E-state index in [1.165, 1.54) is 12.1 Å². The third-order valence-electron chi connectivity index (χ3n) is 2.22. The molecular weight excluding hydrogens is 299 g/mol. The normalized spacial score (nSPS) is 15.8. The number of azide groups is 1. The van der Waals surface area contributed by atoms with Gasteiger partial charge in [-0.2, -0.15) is 0 Å². The van der Waals surface area contributed by atoms with Gasteiger partial charge in [0, 0.05) is 14.9 Å². The van der Waals surface area contributed by atoms with E-state index in [-0.39, 0.29) is 5.56 Å². The first-order valence-corrected chi connectivity index (χ1v) is 5.54. The second-order valence-corrected chi connectivity index (χ2v) is 4.36. The zero-order chi connectivity index (χ0) is 13.0. The largest absolute Gasteiger partial charge is 0.247 e. The van der Waals surface area contributed by atoms with Gasteiger partial charge >= 0.3 is 0 Å². The van der Waals surface area contributed by atoms with E-state index in [2.05, 4.69) is 26.0 Å². The van der Waals surface area contributed by atoms with Gasteiger partial charge in [0.2, 0.25) is 0 Å². The Bertz CT molecular complexity index is 446. The van der Waals surface area contributed by atoms with Gasteiger partial charge in [-0.05, 0) is 24.6 Å². The molecule has 1 aromatic rings. The van der Waals surface area contributed by atoms with Crippen molar-refractivity contribution in [1.82, 2.24) is 0 Å². The van der Waals surface area contributed by atoms with Crippen molar-refractivity contribution in [2.45, 2.75) is 25.3 Å². The average molecular weight is 308 g/mol. The van der Waals surface area contributed by atoms with Gasteiger partial charge in [-0.15, -0.1) is 0 Å². The van der Waals surface area contributed by atoms with Gasteiger partial charge in [0.1, 0.15) is 24.2 Å². The summed E-state index contributed by atoms with van der Waals surface area (Å²) in [7, 11) is 0. The molecule has 1 aromatic carbocycles. The van der Waals surface area contributed by atoms with E-state index in [0.717, 1.165) is 13.0 Å². The lowest BCUT2D eigenvalue weighted by Gasteiger charge is -2.18. The van der Waals surface area contributed by atoms with Gasteiger partial charge in [0.25, 0.3) is 0 Å². The maximum Gasteiger partial charge on any atom is 0.139 e. The van der Waals surface area contributed by atoms with E-state index >= 15 is 0 Å². The smallest absolute Gasteiger partial charge is 0.139 e. The van der Waals surface area contributed by atoms with E-state index in [4.69, 9.17) is 5.53 Å². The molecule has 0 spiro atoms. The molecule has 0 amide bonds. The first kappa shape index (κ1) is 13.9. The van der Waals surface area contributed by atoms with Crippen LogP contribution in [0, 0.1) is 5.82 Å². The number of hydrogen-bond acceptors (Lipinski definition) is 1. The molecule has 0 saturated heterocycles. The Morgan fingerprint density at radius 2 is 2.06 bits per heavy atom. The van der Waals surface area contributed by atoms with Crippen LogP contribution in [-0.2, 0) is 0 Å². The quantitative estimate of drug-likeness (QED) is 0.442. The minimum Gasteiger partial charge on any atom is -0.247 e. The van der Waals surface area contributed by atoms with Crippen LogP contribution in [0.1, 0.15) is 18.7 Å². The highest BCUT2D eigenvalue weighted by molar-refractivity contribution is 9.10. The number of hydrogen-bond donors (Lipinski definition) is 0. The van der Waals surface area contributed by atoms with Crippen LogP contribution in [0.3, 0.4) is 0 Å². The Hall–Kier alpha value is -1.20. The molecule has 1 unspecified atom stereocenters. The summed E-state index contributed by atoms with van der Waals surface area (Å²) in [5, 5.41) is 3.02. The van der Waals surface area contributed by atoms with Crippen LogP contribution in [0.5, 0.6) is 0 Å². The van der Waals surface area contributed by atoms with Crippen LogP contribution >= 0.6 is 15.9 Å². The van der Waals surface area contributed by atoms with Gasteiger partial charge in [0.15, 0.2) is 0 Å². The summed E-state index contributed by atoms with van der Waals surface area (Å²) in [6.45, 7) is 1.06. The lowest BCUT2D eigenvalue weighted by molar-refractivity contribution is 0.192. The molecular formula is C10H9BrF3N3. The van der Waals surface area contributed by atoms with Crippen LogP contribution in [0.2, 0.25) is 0 Å². The average Bonchev–Trinajstić information content (AvgIpc) is 2.24. The summed E-state index contributed by atoms with van der Waals surface area (Å²) in [4.78, 5) is 2.36. The number of alkyl halides is 2. The van der Waals surface area contributed by atoms with E-state index in [9.17, 15) is 13.2 Å². The summed E-state index contributed by atoms with van der Waals surface area (Å²) >= 11 is 3.02. The molecule has 0 aliphatic heterocycles. The van der Waals surface area contributed by atoms with E-state index < -0.39 is 24.2 Å². The molecule has 0 heterocycles. The van der Waals surface area contributed by atoms with Crippen molar-refractivity contribution >= 4 is 15.9 Å². The Kier molecular flexibility index (Phi) is 4.84. The number of benzene rings is 1. The Balaban J connectivity index is 3.09. The van der Waals surface area contributed by atoms with E-state index in [1.54, 1.807) is 0 Å². The molecule has 0 bridgehead atoms. The van der Waals surface area contributed by atoms with Gasteiger partial charge in [-0.1, -0.05) is 27.1 Å². The van der Waals surface area contributed by atoms with Crippen molar-refractivity contribution in [3.63, 3.8) is 0 Å². The second-order valence-electron chi connectivity index (χ2n) is 3.44. The SMILES string of the molecule is CC(F)[C@H](N=[N+]=[N-])[C@@H](F)c1ccc(Br)cc1F. The van der Waals surface area contributed by atoms with E-state index in [1.807, 2.05) is 0 Å². The third kappa shape index (κ3) is 3.38. The molecule has 3 atom stereocenters. The van der Waals surface area contributed by atoms with Crippen molar-refractivity contribution in [3.05, 3.63) is 44.5 Å². The molecule has 0 radical (unpaired) electrons. The summed E-state index contributed by atoms with van der Waals surface area (Å²) in [5.74, 6) is -0.814. The van der Waals surface area contributed by atoms with E-state index in [0.29, 0.717) is 4.47 Å². The van der Waals surface area contributed by atoms with Crippen molar-refractivity contribution < 1.29 is 13.2 Å². The predicted molar refractivity (Wildman–Crippen MR) is 61.5 cm³/mol. The molecule has 0 saturated carbocycles. The van der Waals surface area contributed by atoms with Gasteiger partial charge < -0.3 is 0 Å². The van der Waals surface area contributed by atoms with Crippen molar-refractivity contribution in [2.24, 2.45) is 5.11 Å². The summed E-state index contributed by atoms with van der Waals surface area (Å²) in [6.07, 6.45) is -3.72. The van der Waals surface area contributed by atoms with Gasteiger partial charge in [0.05, 0.1) is 0 Å². The minimum absolute atomic E-state index is 0.324. The number of nitrogens with zero attached hydrogens (tertiary/aromatic N) is 3. The van der Waals surface area contributed by atoms with Gasteiger partial charge in [-0.25, -0.2) is 13.2 Å². The van der Waals surface area contributed by atoms with Crippen LogP contribution < -0.4 is 0 Å². The first-order chi connectivity index (χ1) is 7.97. The van der Waals surface area contributed by atoms with Crippen molar-refractivity contribution in [1.29, 1.82) is 0 Å². The molecule has 0 fully saturated rings. The Morgan fingerprint density at radius 1 is 1.41 bits per heavy atom. The summed E-state index contributed by atoms with van der Waals surface area (Å²) in [6, 6.07) is 2.11. The second kappa shape index (κ2) is 5.93. The molecule has 0 N–H and O–H groups in total. The molecule has 1 rings (SSSR count). The molecule has 3 nitrogen and oxygen atoms in total.